The van der Waals surface area contributed by atoms with Gasteiger partial charge in [0.25, 0.3) is 0 Å². The van der Waals surface area contributed by atoms with Gasteiger partial charge in [-0.1, -0.05) is 65.2 Å². The lowest BCUT2D eigenvalue weighted by Crippen LogP contribution is -2.23. The van der Waals surface area contributed by atoms with Crippen LogP contribution in [0.1, 0.15) is 19.5 Å². The second-order valence-corrected chi connectivity index (χ2v) is 9.77. The van der Waals surface area contributed by atoms with Crippen LogP contribution in [0.15, 0.2) is 44.9 Å². The van der Waals surface area contributed by atoms with Gasteiger partial charge in [0, 0.05) is 5.56 Å². The number of carbonyl (C=O) groups excluding carboxylic acids is 2. The Morgan fingerprint density at radius 3 is 2.90 bits per heavy atom. The number of nitrogens with zero attached hydrogens (tertiary/aromatic N) is 5. The monoisotopic (exact) mass is 474 g/mol. The van der Waals surface area contributed by atoms with Gasteiger partial charge in [0.2, 0.25) is 10.9 Å². The SMILES string of the molecule is CCOC(=O)CSc1nn2c(/C=N/N=C3/NC(=O)C(C)S3)c(-c3ccccc3)nc2s1. The summed E-state index contributed by atoms with van der Waals surface area (Å²) in [5, 5.41) is 15.8. The number of hydrogen-bond acceptors (Lipinski definition) is 10. The number of rotatable bonds is 7. The number of esters is 1. The van der Waals surface area contributed by atoms with Crippen LogP contribution >= 0.6 is 34.9 Å². The lowest BCUT2D eigenvalue weighted by atomic mass is 10.1. The number of fused-ring (bicyclic) bond motifs is 1. The number of hydrogen-bond donors (Lipinski definition) is 1. The van der Waals surface area contributed by atoms with Gasteiger partial charge in [-0.25, -0.2) is 9.50 Å². The molecule has 9 nitrogen and oxygen atoms in total. The highest BCUT2D eigenvalue weighted by atomic mass is 32.2. The van der Waals surface area contributed by atoms with E-state index in [1.165, 1.54) is 34.9 Å². The molecular weight excluding hydrogens is 456 g/mol. The molecule has 12 heteroatoms. The molecule has 3 aromatic rings. The molecule has 31 heavy (non-hydrogen) atoms. The Balaban J connectivity index is 1.64. The molecule has 0 spiro atoms. The average Bonchev–Trinajstić information content (AvgIpc) is 3.41. The van der Waals surface area contributed by atoms with Gasteiger partial charge in [0.1, 0.15) is 11.4 Å². The maximum absolute atomic E-state index is 11.6. The standard InChI is InChI=1S/C19H18N6O3S3/c1-3-28-14(26)10-29-19-24-25-13(9-20-23-17-22-16(27)11(2)30-17)15(21-18(25)31-19)12-7-5-4-6-8-12/h4-9,11H,3,10H2,1-2H3,(H,22,23,27)/b20-9+. The van der Waals surface area contributed by atoms with E-state index in [9.17, 15) is 9.59 Å². The van der Waals surface area contributed by atoms with E-state index < -0.39 is 0 Å². The highest BCUT2D eigenvalue weighted by Crippen LogP contribution is 2.30. The van der Waals surface area contributed by atoms with Crippen molar-refractivity contribution < 1.29 is 14.3 Å². The second-order valence-electron chi connectivity index (χ2n) is 6.27. The van der Waals surface area contributed by atoms with Gasteiger partial charge < -0.3 is 10.1 Å². The summed E-state index contributed by atoms with van der Waals surface area (Å²) in [7, 11) is 0. The van der Waals surface area contributed by atoms with E-state index in [4.69, 9.17) is 9.72 Å². The number of benzene rings is 1. The Labute approximate surface area is 190 Å². The van der Waals surface area contributed by atoms with Gasteiger partial charge in [-0.05, 0) is 13.8 Å². The largest absolute Gasteiger partial charge is 0.465 e. The molecule has 4 rings (SSSR count). The van der Waals surface area contributed by atoms with Gasteiger partial charge in [-0.2, -0.15) is 5.10 Å². The maximum Gasteiger partial charge on any atom is 0.316 e. The molecule has 0 aliphatic carbocycles. The molecule has 1 amide bonds. The van der Waals surface area contributed by atoms with Crippen LogP contribution in [0.2, 0.25) is 0 Å². The van der Waals surface area contributed by atoms with Crippen LogP contribution in [-0.2, 0) is 14.3 Å². The van der Waals surface area contributed by atoms with Crippen LogP contribution in [0.25, 0.3) is 16.2 Å². The summed E-state index contributed by atoms with van der Waals surface area (Å²) in [6.45, 7) is 3.93. The predicted molar refractivity (Wildman–Crippen MR) is 124 cm³/mol. The fourth-order valence-corrected chi connectivity index (χ4v) is 5.19. The summed E-state index contributed by atoms with van der Waals surface area (Å²) in [5.74, 6) is -0.186. The Hall–Kier alpha value is -2.70. The zero-order chi connectivity index (χ0) is 21.8. The van der Waals surface area contributed by atoms with Crippen LogP contribution in [0.3, 0.4) is 0 Å². The predicted octanol–water partition coefficient (Wildman–Crippen LogP) is 3.05. The van der Waals surface area contributed by atoms with E-state index >= 15 is 0 Å². The zero-order valence-corrected chi connectivity index (χ0v) is 19.1. The number of aromatic nitrogens is 3. The van der Waals surface area contributed by atoms with Crippen LogP contribution in [0.4, 0.5) is 0 Å². The van der Waals surface area contributed by atoms with Crippen LogP contribution in [0, 0.1) is 0 Å². The first-order valence-corrected chi connectivity index (χ1v) is 12.0. The molecule has 0 saturated carbocycles. The normalized spacial score (nSPS) is 17.7. The number of carbonyl (C=O) groups is 2. The Morgan fingerprint density at radius 2 is 2.19 bits per heavy atom. The molecule has 0 bridgehead atoms. The van der Waals surface area contributed by atoms with Crippen molar-refractivity contribution in [3.05, 3.63) is 36.0 Å². The minimum atomic E-state index is -0.284. The fraction of sp³-hybridized carbons (Fsp3) is 0.263. The number of imidazole rings is 1. The average molecular weight is 475 g/mol. The van der Waals surface area contributed by atoms with Crippen molar-refractivity contribution in [3.63, 3.8) is 0 Å². The molecule has 2 aromatic heterocycles. The van der Waals surface area contributed by atoms with E-state index in [2.05, 4.69) is 20.6 Å². The van der Waals surface area contributed by atoms with E-state index in [0.717, 1.165) is 11.3 Å². The molecule has 1 fully saturated rings. The van der Waals surface area contributed by atoms with Crippen molar-refractivity contribution in [3.8, 4) is 11.3 Å². The first-order valence-electron chi connectivity index (χ1n) is 9.37. The zero-order valence-electron chi connectivity index (χ0n) is 16.6. The van der Waals surface area contributed by atoms with Crippen LogP contribution in [-0.4, -0.2) is 55.5 Å². The summed E-state index contributed by atoms with van der Waals surface area (Å²) in [6, 6.07) is 9.72. The van der Waals surface area contributed by atoms with Gasteiger partial charge in [0.05, 0.1) is 23.8 Å². The number of thioether (sulfide) groups is 2. The molecule has 1 aliphatic heterocycles. The molecule has 0 radical (unpaired) electrons. The highest BCUT2D eigenvalue weighted by Gasteiger charge is 2.25. The topological polar surface area (TPSA) is 110 Å². The molecular formula is C19H18N6O3S3. The minimum Gasteiger partial charge on any atom is -0.465 e. The van der Waals surface area contributed by atoms with Gasteiger partial charge in [-0.3, -0.25) is 9.59 Å². The number of nitrogens with one attached hydrogen (secondary N) is 1. The summed E-state index contributed by atoms with van der Waals surface area (Å²) in [5.41, 5.74) is 2.31. The van der Waals surface area contributed by atoms with Crippen molar-refractivity contribution in [2.45, 2.75) is 23.4 Å². The van der Waals surface area contributed by atoms with Crippen molar-refractivity contribution in [1.29, 1.82) is 0 Å². The molecule has 1 atom stereocenters. The number of ether oxygens (including phenoxy) is 1. The molecule has 1 aromatic carbocycles. The summed E-state index contributed by atoms with van der Waals surface area (Å²) in [4.78, 5) is 28.6. The van der Waals surface area contributed by atoms with Crippen LogP contribution in [0.5, 0.6) is 0 Å². The lowest BCUT2D eigenvalue weighted by Gasteiger charge is -2.00. The molecule has 1 saturated heterocycles. The van der Waals surface area contributed by atoms with Crippen molar-refractivity contribution in [1.82, 2.24) is 19.9 Å². The second kappa shape index (κ2) is 9.62. The minimum absolute atomic E-state index is 0.0848. The Morgan fingerprint density at radius 1 is 1.39 bits per heavy atom. The Kier molecular flexibility index (Phi) is 6.68. The quantitative estimate of drug-likeness (QED) is 0.242. The summed E-state index contributed by atoms with van der Waals surface area (Å²) >= 11 is 4.01. The number of amidine groups is 1. The number of amides is 1. The smallest absolute Gasteiger partial charge is 0.316 e. The molecule has 160 valence electrons. The fourth-order valence-electron chi connectivity index (χ4n) is 2.69. The van der Waals surface area contributed by atoms with Gasteiger partial charge in [-0.15, -0.1) is 10.2 Å². The van der Waals surface area contributed by atoms with E-state index in [1.54, 1.807) is 17.7 Å². The van der Waals surface area contributed by atoms with Crippen molar-refractivity contribution in [2.24, 2.45) is 10.2 Å². The van der Waals surface area contributed by atoms with Gasteiger partial charge >= 0.3 is 5.97 Å². The molecule has 1 aliphatic rings. The maximum atomic E-state index is 11.6. The van der Waals surface area contributed by atoms with Gasteiger partial charge in [0.15, 0.2) is 9.51 Å². The third kappa shape index (κ3) is 4.97. The summed E-state index contributed by atoms with van der Waals surface area (Å²) < 4.78 is 7.35. The molecule has 1 unspecified atom stereocenters. The van der Waals surface area contributed by atoms with E-state index in [0.29, 0.717) is 26.8 Å². The third-order valence-electron chi connectivity index (χ3n) is 4.10. The van der Waals surface area contributed by atoms with Crippen molar-refractivity contribution in [2.75, 3.05) is 12.4 Å². The first-order chi connectivity index (χ1) is 15.0. The summed E-state index contributed by atoms with van der Waals surface area (Å²) in [6.07, 6.45) is 1.57. The lowest BCUT2D eigenvalue weighted by molar-refractivity contribution is -0.139. The molecule has 3 heterocycles. The van der Waals surface area contributed by atoms with E-state index in [1.807, 2.05) is 37.3 Å². The Bertz CT molecular complexity index is 1170. The van der Waals surface area contributed by atoms with Crippen LogP contribution < -0.4 is 5.32 Å². The highest BCUT2D eigenvalue weighted by molar-refractivity contribution is 8.15. The van der Waals surface area contributed by atoms with E-state index in [-0.39, 0.29) is 22.9 Å². The van der Waals surface area contributed by atoms with Crippen molar-refractivity contribution >= 4 is 63.1 Å². The molecule has 1 N–H and O–H groups in total. The third-order valence-corrected chi connectivity index (χ3v) is 7.09. The first kappa shape index (κ1) is 21.5.